The zero-order chi connectivity index (χ0) is 23.6. The van der Waals surface area contributed by atoms with Gasteiger partial charge in [0.1, 0.15) is 5.84 Å². The summed E-state index contributed by atoms with van der Waals surface area (Å²) in [6, 6.07) is 19.1. The number of halogens is 1. The van der Waals surface area contributed by atoms with Gasteiger partial charge in [0.25, 0.3) is 21.7 Å². The number of anilines is 2. The van der Waals surface area contributed by atoms with Crippen molar-refractivity contribution in [1.29, 1.82) is 0 Å². The first kappa shape index (κ1) is 22.2. The summed E-state index contributed by atoms with van der Waals surface area (Å²) in [5.74, 6) is -0.302. The van der Waals surface area contributed by atoms with Gasteiger partial charge in [0.05, 0.1) is 17.2 Å². The third-order valence-corrected chi connectivity index (χ3v) is 5.81. The van der Waals surface area contributed by atoms with Crippen molar-refractivity contribution in [3.63, 3.8) is 0 Å². The quantitative estimate of drug-likeness (QED) is 0.286. The number of amidine groups is 1. The molecule has 1 aliphatic heterocycles. The van der Waals surface area contributed by atoms with Gasteiger partial charge in [-0.3, -0.25) is 9.35 Å². The maximum Gasteiger partial charge on any atom is 0.294 e. The molecule has 1 heterocycles. The largest absolute Gasteiger partial charge is 0.340 e. The van der Waals surface area contributed by atoms with E-state index in [2.05, 4.69) is 20.5 Å². The molecule has 3 aromatic carbocycles. The molecule has 164 valence electrons. The van der Waals surface area contributed by atoms with Crippen LogP contribution in [0, 0.1) is 6.57 Å². The Morgan fingerprint density at radius 2 is 1.67 bits per heavy atom. The highest BCUT2D eigenvalue weighted by Crippen LogP contribution is 2.33. The van der Waals surface area contributed by atoms with Gasteiger partial charge >= 0.3 is 0 Å². The predicted molar refractivity (Wildman–Crippen MR) is 126 cm³/mol. The molecular formula is C23H15ClN4O4S. The Hall–Kier alpha value is -3.97. The molecule has 4 rings (SSSR count). The number of nitrogens with zero attached hydrogens (tertiary/aromatic N) is 2. The van der Waals surface area contributed by atoms with E-state index in [-0.39, 0.29) is 16.3 Å². The van der Waals surface area contributed by atoms with Crippen LogP contribution in [0.15, 0.2) is 88.4 Å². The van der Waals surface area contributed by atoms with Crippen molar-refractivity contribution >= 4 is 50.5 Å². The summed E-state index contributed by atoms with van der Waals surface area (Å²) in [5, 5.41) is 6.18. The average molecular weight is 479 g/mol. The molecular weight excluding hydrogens is 464 g/mol. The van der Waals surface area contributed by atoms with E-state index in [4.69, 9.17) is 18.2 Å². The Labute approximate surface area is 194 Å². The number of carbonyl (C=O) groups is 1. The van der Waals surface area contributed by atoms with Gasteiger partial charge in [0.15, 0.2) is 0 Å². The fourth-order valence-electron chi connectivity index (χ4n) is 3.21. The normalized spacial score (nSPS) is 14.0. The van der Waals surface area contributed by atoms with Gasteiger partial charge < -0.3 is 10.6 Å². The van der Waals surface area contributed by atoms with Gasteiger partial charge in [-0.2, -0.15) is 8.42 Å². The van der Waals surface area contributed by atoms with Crippen molar-refractivity contribution in [3.8, 4) is 0 Å². The molecule has 8 nitrogen and oxygen atoms in total. The highest BCUT2D eigenvalue weighted by Gasteiger charge is 2.26. The number of fused-ring (bicyclic) bond motifs is 1. The molecule has 33 heavy (non-hydrogen) atoms. The van der Waals surface area contributed by atoms with E-state index in [9.17, 15) is 17.8 Å². The lowest BCUT2D eigenvalue weighted by atomic mass is 10.1. The van der Waals surface area contributed by atoms with Crippen molar-refractivity contribution in [2.75, 3.05) is 10.6 Å². The summed E-state index contributed by atoms with van der Waals surface area (Å²) < 4.78 is 32.2. The van der Waals surface area contributed by atoms with E-state index >= 15 is 0 Å². The molecule has 1 aliphatic rings. The van der Waals surface area contributed by atoms with E-state index in [0.29, 0.717) is 33.4 Å². The first-order chi connectivity index (χ1) is 15.8. The summed E-state index contributed by atoms with van der Waals surface area (Å²) in [4.78, 5) is 20.5. The van der Waals surface area contributed by atoms with Gasteiger partial charge in [-0.25, -0.2) is 9.84 Å². The van der Waals surface area contributed by atoms with E-state index in [1.165, 1.54) is 18.2 Å². The molecule has 10 heteroatoms. The van der Waals surface area contributed by atoms with Crippen molar-refractivity contribution in [1.82, 2.24) is 0 Å². The smallest absolute Gasteiger partial charge is 0.294 e. The second kappa shape index (κ2) is 8.88. The Morgan fingerprint density at radius 3 is 2.33 bits per heavy atom. The molecule has 1 amide bonds. The number of rotatable bonds is 4. The van der Waals surface area contributed by atoms with Crippen LogP contribution in [0.5, 0.6) is 0 Å². The number of hydrogen-bond donors (Lipinski definition) is 3. The van der Waals surface area contributed by atoms with Crippen LogP contribution in [-0.4, -0.2) is 24.7 Å². The zero-order valence-corrected chi connectivity index (χ0v) is 18.4. The van der Waals surface area contributed by atoms with Crippen molar-refractivity contribution in [2.24, 2.45) is 4.99 Å². The summed E-state index contributed by atoms with van der Waals surface area (Å²) in [5.41, 5.74) is 2.01. The zero-order valence-electron chi connectivity index (χ0n) is 16.8. The first-order valence-corrected chi connectivity index (χ1v) is 11.3. The minimum atomic E-state index is -4.38. The Balaban J connectivity index is 1.72. The van der Waals surface area contributed by atoms with Crippen molar-refractivity contribution in [3.05, 3.63) is 106 Å². The second-order valence-electron chi connectivity index (χ2n) is 6.90. The minimum Gasteiger partial charge on any atom is -0.340 e. The van der Waals surface area contributed by atoms with Gasteiger partial charge in [-0.15, -0.1) is 0 Å². The molecule has 0 radical (unpaired) electrons. The summed E-state index contributed by atoms with van der Waals surface area (Å²) in [6.45, 7) is 7.58. The fourth-order valence-corrected chi connectivity index (χ4v) is 3.86. The molecule has 0 bridgehead atoms. The standard InChI is InChI=1S/C23H15ClN4O4S/c1-25-21(23(29)27-15-11-9-14(24)10-12-15)20-18-7-2-3-8-19(18)22(28-20)26-16-5-4-6-17(13-16)33(30,31)32/h2-13H,(H,26,28)(H,27,29)(H,30,31,32). The second-order valence-corrected chi connectivity index (χ2v) is 8.76. The molecule has 0 aromatic heterocycles. The van der Waals surface area contributed by atoms with Crippen LogP contribution in [0.4, 0.5) is 11.4 Å². The average Bonchev–Trinajstić information content (AvgIpc) is 3.14. The van der Waals surface area contributed by atoms with Crippen LogP contribution < -0.4 is 10.6 Å². The number of aliphatic imine (C=N–C) groups is 1. The number of benzene rings is 3. The SMILES string of the molecule is [C-]#[N+]C(C(=O)Nc1ccc(Cl)cc1)=C1N=C(Nc2cccc(S(=O)(=O)O)c2)c2ccccc21. The summed E-state index contributed by atoms with van der Waals surface area (Å²) in [7, 11) is -4.38. The lowest BCUT2D eigenvalue weighted by molar-refractivity contribution is -0.112. The third kappa shape index (κ3) is 4.78. The molecule has 0 unspecified atom stereocenters. The van der Waals surface area contributed by atoms with E-state index < -0.39 is 16.0 Å². The fraction of sp³-hybridized carbons (Fsp3) is 0. The molecule has 3 aromatic rings. The van der Waals surface area contributed by atoms with Gasteiger partial charge in [-0.05, 0) is 42.5 Å². The first-order valence-electron chi connectivity index (χ1n) is 9.48. The molecule has 3 N–H and O–H groups in total. The van der Waals surface area contributed by atoms with Gasteiger partial charge in [-0.1, -0.05) is 41.9 Å². The Kier molecular flexibility index (Phi) is 5.98. The van der Waals surface area contributed by atoms with E-state index in [0.717, 1.165) is 0 Å². The van der Waals surface area contributed by atoms with Crippen LogP contribution >= 0.6 is 11.6 Å². The maximum atomic E-state index is 12.8. The number of hydrogen-bond acceptors (Lipinski definition) is 5. The van der Waals surface area contributed by atoms with Crippen molar-refractivity contribution in [2.45, 2.75) is 4.90 Å². The van der Waals surface area contributed by atoms with Gasteiger partial charge in [0, 0.05) is 27.5 Å². The van der Waals surface area contributed by atoms with Crippen LogP contribution in [-0.2, 0) is 14.9 Å². The number of amides is 1. The lowest BCUT2D eigenvalue weighted by Crippen LogP contribution is -2.13. The van der Waals surface area contributed by atoms with Crippen LogP contribution in [0.1, 0.15) is 11.1 Å². The number of nitrogens with one attached hydrogen (secondary N) is 2. The molecule has 0 saturated heterocycles. The summed E-state index contributed by atoms with van der Waals surface area (Å²) in [6.07, 6.45) is 0. The monoisotopic (exact) mass is 478 g/mol. The topological polar surface area (TPSA) is 112 Å². The molecule has 0 saturated carbocycles. The van der Waals surface area contributed by atoms with Crippen LogP contribution in [0.25, 0.3) is 10.5 Å². The predicted octanol–water partition coefficient (Wildman–Crippen LogP) is 4.69. The Bertz CT molecular complexity index is 1470. The van der Waals surface area contributed by atoms with Gasteiger partial charge in [0.2, 0.25) is 0 Å². The highest BCUT2D eigenvalue weighted by molar-refractivity contribution is 7.85. The van der Waals surface area contributed by atoms with Crippen molar-refractivity contribution < 1.29 is 17.8 Å². The number of carbonyl (C=O) groups excluding carboxylic acids is 1. The highest BCUT2D eigenvalue weighted by atomic mass is 35.5. The lowest BCUT2D eigenvalue weighted by Gasteiger charge is -2.08. The molecule has 0 atom stereocenters. The third-order valence-electron chi connectivity index (χ3n) is 4.71. The molecule has 0 spiro atoms. The van der Waals surface area contributed by atoms with Crippen LogP contribution in [0.2, 0.25) is 5.02 Å². The van der Waals surface area contributed by atoms with E-state index in [1.54, 1.807) is 54.6 Å². The Morgan fingerprint density at radius 1 is 0.970 bits per heavy atom. The molecule has 0 aliphatic carbocycles. The summed E-state index contributed by atoms with van der Waals surface area (Å²) >= 11 is 5.87. The van der Waals surface area contributed by atoms with Crippen LogP contribution in [0.3, 0.4) is 0 Å². The minimum absolute atomic E-state index is 0.181. The molecule has 0 fully saturated rings. The van der Waals surface area contributed by atoms with E-state index in [1.807, 2.05) is 0 Å². The maximum absolute atomic E-state index is 12.8.